The van der Waals surface area contributed by atoms with Crippen LogP contribution in [0.1, 0.15) is 19.8 Å². The Kier molecular flexibility index (Phi) is 2.06. The van der Waals surface area contributed by atoms with Gasteiger partial charge in [-0.2, -0.15) is 0 Å². The number of imide groups is 1. The molecular formula is C10H14N2O2. The third kappa shape index (κ3) is 1.31. The van der Waals surface area contributed by atoms with Gasteiger partial charge in [-0.3, -0.25) is 10.1 Å². The van der Waals surface area contributed by atoms with E-state index in [1.807, 2.05) is 6.92 Å². The van der Waals surface area contributed by atoms with Gasteiger partial charge in [0.2, 0.25) is 5.91 Å². The highest BCUT2D eigenvalue weighted by molar-refractivity contribution is 5.97. The van der Waals surface area contributed by atoms with E-state index in [0.29, 0.717) is 12.3 Å². The molecule has 2 fully saturated rings. The zero-order valence-electron chi connectivity index (χ0n) is 8.25. The van der Waals surface area contributed by atoms with Crippen LogP contribution in [0.15, 0.2) is 12.2 Å². The summed E-state index contributed by atoms with van der Waals surface area (Å²) in [5.74, 6) is 0.134. The predicted molar refractivity (Wildman–Crippen MR) is 51.6 cm³/mol. The molecular weight excluding hydrogens is 180 g/mol. The van der Waals surface area contributed by atoms with E-state index in [9.17, 15) is 9.59 Å². The molecule has 3 amide bonds. The Bertz CT molecular complexity index is 305. The van der Waals surface area contributed by atoms with Crippen molar-refractivity contribution in [1.82, 2.24) is 10.2 Å². The lowest BCUT2D eigenvalue weighted by Gasteiger charge is -2.31. The van der Waals surface area contributed by atoms with E-state index in [1.165, 1.54) is 0 Å². The van der Waals surface area contributed by atoms with Gasteiger partial charge in [-0.25, -0.2) is 4.79 Å². The second-order valence-corrected chi connectivity index (χ2v) is 4.06. The fourth-order valence-electron chi connectivity index (χ4n) is 2.37. The lowest BCUT2D eigenvalue weighted by Crippen LogP contribution is -2.53. The highest BCUT2D eigenvalue weighted by Gasteiger charge is 2.42. The van der Waals surface area contributed by atoms with E-state index in [0.717, 1.165) is 18.5 Å². The van der Waals surface area contributed by atoms with Crippen molar-refractivity contribution in [2.45, 2.75) is 25.8 Å². The maximum atomic E-state index is 11.4. The van der Waals surface area contributed by atoms with Gasteiger partial charge in [0.05, 0.1) is 0 Å². The lowest BCUT2D eigenvalue weighted by molar-refractivity contribution is -0.122. The number of amides is 3. The van der Waals surface area contributed by atoms with Crippen LogP contribution in [-0.2, 0) is 4.79 Å². The van der Waals surface area contributed by atoms with Crippen molar-refractivity contribution in [3.63, 3.8) is 0 Å². The molecule has 2 heterocycles. The SMILES string of the molecule is C=C(C)C1CCN2C(=O)NC(=O)CC12. The second-order valence-electron chi connectivity index (χ2n) is 4.06. The van der Waals surface area contributed by atoms with Crippen LogP contribution in [0.4, 0.5) is 4.79 Å². The highest BCUT2D eigenvalue weighted by atomic mass is 16.2. The number of carbonyl (C=O) groups is 2. The van der Waals surface area contributed by atoms with E-state index >= 15 is 0 Å². The molecule has 4 heteroatoms. The van der Waals surface area contributed by atoms with E-state index in [2.05, 4.69) is 11.9 Å². The summed E-state index contributed by atoms with van der Waals surface area (Å²) in [6, 6.07) is -0.191. The van der Waals surface area contributed by atoms with Gasteiger partial charge >= 0.3 is 6.03 Å². The molecule has 2 saturated heterocycles. The van der Waals surface area contributed by atoms with Crippen LogP contribution in [0.5, 0.6) is 0 Å². The molecule has 1 N–H and O–H groups in total. The number of carbonyl (C=O) groups excluding carboxylic acids is 2. The van der Waals surface area contributed by atoms with Crippen LogP contribution in [-0.4, -0.2) is 29.4 Å². The summed E-state index contributed by atoms with van der Waals surface area (Å²) in [4.78, 5) is 24.4. The second kappa shape index (κ2) is 3.12. The topological polar surface area (TPSA) is 49.4 Å². The quantitative estimate of drug-likeness (QED) is 0.630. The molecule has 2 unspecified atom stereocenters. The number of urea groups is 1. The summed E-state index contributed by atoms with van der Waals surface area (Å²) < 4.78 is 0. The first-order chi connectivity index (χ1) is 6.59. The molecule has 0 aromatic rings. The van der Waals surface area contributed by atoms with Crippen molar-refractivity contribution in [2.24, 2.45) is 5.92 Å². The smallest absolute Gasteiger partial charge is 0.320 e. The molecule has 2 aliphatic heterocycles. The van der Waals surface area contributed by atoms with Gasteiger partial charge in [0, 0.05) is 24.9 Å². The van der Waals surface area contributed by atoms with E-state index in [1.54, 1.807) is 4.90 Å². The fourth-order valence-corrected chi connectivity index (χ4v) is 2.37. The van der Waals surface area contributed by atoms with Crippen molar-refractivity contribution in [1.29, 1.82) is 0 Å². The summed E-state index contributed by atoms with van der Waals surface area (Å²) in [7, 11) is 0. The molecule has 0 saturated carbocycles. The first-order valence-corrected chi connectivity index (χ1v) is 4.85. The first kappa shape index (κ1) is 9.24. The van der Waals surface area contributed by atoms with Gasteiger partial charge in [-0.05, 0) is 13.3 Å². The van der Waals surface area contributed by atoms with Gasteiger partial charge in [0.1, 0.15) is 0 Å². The van der Waals surface area contributed by atoms with E-state index in [-0.39, 0.29) is 18.0 Å². The molecule has 0 spiro atoms. The van der Waals surface area contributed by atoms with Crippen molar-refractivity contribution in [3.05, 3.63) is 12.2 Å². The first-order valence-electron chi connectivity index (χ1n) is 4.85. The Morgan fingerprint density at radius 1 is 1.57 bits per heavy atom. The maximum absolute atomic E-state index is 11.4. The van der Waals surface area contributed by atoms with Crippen LogP contribution < -0.4 is 5.32 Å². The minimum atomic E-state index is -0.241. The molecule has 0 aromatic carbocycles. The molecule has 2 rings (SSSR count). The summed E-state index contributed by atoms with van der Waals surface area (Å²) >= 11 is 0. The molecule has 14 heavy (non-hydrogen) atoms. The average molecular weight is 194 g/mol. The molecule has 76 valence electrons. The van der Waals surface area contributed by atoms with E-state index < -0.39 is 0 Å². The van der Waals surface area contributed by atoms with Crippen LogP contribution >= 0.6 is 0 Å². The van der Waals surface area contributed by atoms with Gasteiger partial charge in [0.15, 0.2) is 0 Å². The summed E-state index contributed by atoms with van der Waals surface area (Å²) in [5.41, 5.74) is 1.07. The molecule has 0 bridgehead atoms. The van der Waals surface area contributed by atoms with Crippen LogP contribution in [0.2, 0.25) is 0 Å². The van der Waals surface area contributed by atoms with Crippen LogP contribution in [0.25, 0.3) is 0 Å². The van der Waals surface area contributed by atoms with Gasteiger partial charge in [0.25, 0.3) is 0 Å². The molecule has 2 atom stereocenters. The monoisotopic (exact) mass is 194 g/mol. The number of fused-ring (bicyclic) bond motifs is 1. The number of hydrogen-bond acceptors (Lipinski definition) is 2. The Morgan fingerprint density at radius 3 is 2.93 bits per heavy atom. The zero-order chi connectivity index (χ0) is 10.3. The van der Waals surface area contributed by atoms with E-state index in [4.69, 9.17) is 0 Å². The molecule has 2 aliphatic rings. The summed E-state index contributed by atoms with van der Waals surface area (Å²) in [6.07, 6.45) is 1.35. The van der Waals surface area contributed by atoms with Gasteiger partial charge in [-0.1, -0.05) is 12.2 Å². The molecule has 4 nitrogen and oxygen atoms in total. The fraction of sp³-hybridized carbons (Fsp3) is 0.600. The summed E-state index contributed by atoms with van der Waals surface area (Å²) in [5, 5.41) is 2.33. The molecule has 0 aliphatic carbocycles. The normalized spacial score (nSPS) is 31.4. The predicted octanol–water partition coefficient (Wildman–Crippen LogP) is 0.893. The molecule has 0 aromatic heterocycles. The molecule has 0 radical (unpaired) electrons. The van der Waals surface area contributed by atoms with Crippen LogP contribution in [0, 0.1) is 5.92 Å². The largest absolute Gasteiger partial charge is 0.324 e. The number of rotatable bonds is 1. The summed E-state index contributed by atoms with van der Waals surface area (Å²) in [6.45, 7) is 6.61. The standard InChI is InChI=1S/C10H14N2O2/c1-6(2)7-3-4-12-8(7)5-9(13)11-10(12)14/h7-8H,1,3-5H2,2H3,(H,11,13,14). The van der Waals surface area contributed by atoms with Crippen molar-refractivity contribution < 1.29 is 9.59 Å². The number of hydrogen-bond donors (Lipinski definition) is 1. The maximum Gasteiger partial charge on any atom is 0.324 e. The van der Waals surface area contributed by atoms with Gasteiger partial charge < -0.3 is 4.90 Å². The number of nitrogens with zero attached hydrogens (tertiary/aromatic N) is 1. The highest BCUT2D eigenvalue weighted by Crippen LogP contribution is 2.33. The third-order valence-electron chi connectivity index (χ3n) is 3.08. The minimum absolute atomic E-state index is 0.0498. The Balaban J connectivity index is 2.21. The number of nitrogens with one attached hydrogen (secondary N) is 1. The lowest BCUT2D eigenvalue weighted by atomic mass is 9.91. The van der Waals surface area contributed by atoms with Crippen molar-refractivity contribution in [2.75, 3.05) is 6.54 Å². The zero-order valence-corrected chi connectivity index (χ0v) is 8.25. The minimum Gasteiger partial charge on any atom is -0.320 e. The van der Waals surface area contributed by atoms with Crippen molar-refractivity contribution >= 4 is 11.9 Å². The van der Waals surface area contributed by atoms with Gasteiger partial charge in [-0.15, -0.1) is 0 Å². The van der Waals surface area contributed by atoms with Crippen LogP contribution in [0.3, 0.4) is 0 Å². The Morgan fingerprint density at radius 2 is 2.29 bits per heavy atom. The van der Waals surface area contributed by atoms with Crippen molar-refractivity contribution in [3.8, 4) is 0 Å². The average Bonchev–Trinajstić information content (AvgIpc) is 2.47. The third-order valence-corrected chi connectivity index (χ3v) is 3.08. The Hall–Kier alpha value is -1.32. The Labute approximate surface area is 83.0 Å².